The highest BCUT2D eigenvalue weighted by molar-refractivity contribution is 4.79. The smallest absolute Gasteiger partial charge is 0.0220 e. The van der Waals surface area contributed by atoms with Crippen molar-refractivity contribution in [2.75, 3.05) is 46.8 Å². The van der Waals surface area contributed by atoms with Crippen LogP contribution in [0.25, 0.3) is 0 Å². The lowest BCUT2D eigenvalue weighted by Gasteiger charge is -2.26. The molecule has 2 fully saturated rings. The fourth-order valence-corrected chi connectivity index (χ4v) is 3.27. The quantitative estimate of drug-likeness (QED) is 0.756. The molecule has 2 saturated heterocycles. The highest BCUT2D eigenvalue weighted by Crippen LogP contribution is 2.17. The van der Waals surface area contributed by atoms with E-state index >= 15 is 0 Å². The Labute approximate surface area is 107 Å². The Hall–Kier alpha value is -0.120. The molecule has 2 aliphatic heterocycles. The highest BCUT2D eigenvalue weighted by Gasteiger charge is 2.22. The number of nitrogens with one attached hydrogen (secondary N) is 1. The first-order chi connectivity index (χ1) is 8.25. The molecule has 0 bridgehead atoms. The monoisotopic (exact) mass is 239 g/mol. The third-order valence-corrected chi connectivity index (χ3v) is 4.51. The Balaban J connectivity index is 1.55. The second-order valence-electron chi connectivity index (χ2n) is 6.04. The number of likely N-dealkylation sites (tertiary alicyclic amines) is 1. The molecule has 0 aliphatic carbocycles. The van der Waals surface area contributed by atoms with Gasteiger partial charge >= 0.3 is 0 Å². The summed E-state index contributed by atoms with van der Waals surface area (Å²) < 4.78 is 0. The average Bonchev–Trinajstić information content (AvgIpc) is 2.92. The van der Waals surface area contributed by atoms with Crippen LogP contribution in [0.3, 0.4) is 0 Å². The zero-order valence-corrected chi connectivity index (χ0v) is 11.6. The molecule has 17 heavy (non-hydrogen) atoms. The summed E-state index contributed by atoms with van der Waals surface area (Å²) in [6.07, 6.45) is 6.97. The van der Waals surface area contributed by atoms with Crippen LogP contribution >= 0.6 is 0 Å². The Bertz CT molecular complexity index is 214. The van der Waals surface area contributed by atoms with Gasteiger partial charge in [0.15, 0.2) is 0 Å². The van der Waals surface area contributed by atoms with E-state index in [0.717, 1.165) is 12.0 Å². The molecule has 2 rings (SSSR count). The van der Waals surface area contributed by atoms with Crippen LogP contribution in [0.1, 0.15) is 32.1 Å². The van der Waals surface area contributed by atoms with Gasteiger partial charge in [-0.25, -0.2) is 0 Å². The van der Waals surface area contributed by atoms with Gasteiger partial charge in [-0.15, -0.1) is 0 Å². The maximum atomic E-state index is 3.45. The molecule has 100 valence electrons. The molecular formula is C14H29N3. The predicted octanol–water partition coefficient (Wildman–Crippen LogP) is 1.40. The average molecular weight is 239 g/mol. The van der Waals surface area contributed by atoms with Crippen LogP contribution in [0, 0.1) is 5.92 Å². The summed E-state index contributed by atoms with van der Waals surface area (Å²) in [4.78, 5) is 5.06. The molecule has 2 aliphatic rings. The molecule has 0 aromatic heterocycles. The van der Waals surface area contributed by atoms with Crippen molar-refractivity contribution in [1.82, 2.24) is 15.1 Å². The van der Waals surface area contributed by atoms with Crippen molar-refractivity contribution in [2.24, 2.45) is 5.92 Å². The second-order valence-corrected chi connectivity index (χ2v) is 6.04. The summed E-state index contributed by atoms with van der Waals surface area (Å²) in [6.45, 7) is 6.34. The molecule has 0 amide bonds. The number of nitrogens with zero attached hydrogens (tertiary/aromatic N) is 2. The molecule has 0 spiro atoms. The molecule has 0 saturated carbocycles. The van der Waals surface area contributed by atoms with Crippen LogP contribution < -0.4 is 5.32 Å². The van der Waals surface area contributed by atoms with Crippen molar-refractivity contribution in [1.29, 1.82) is 0 Å². The molecule has 2 atom stereocenters. The molecule has 0 radical (unpaired) electrons. The lowest BCUT2D eigenvalue weighted by atomic mass is 10.0. The van der Waals surface area contributed by atoms with Gasteiger partial charge in [0.2, 0.25) is 0 Å². The van der Waals surface area contributed by atoms with Gasteiger partial charge in [-0.3, -0.25) is 0 Å². The number of likely N-dealkylation sites (N-methyl/N-ethyl adjacent to an activating group) is 2. The molecule has 2 heterocycles. The van der Waals surface area contributed by atoms with Crippen LogP contribution in [0.4, 0.5) is 0 Å². The first-order valence-electron chi connectivity index (χ1n) is 7.35. The van der Waals surface area contributed by atoms with E-state index < -0.39 is 0 Å². The summed E-state index contributed by atoms with van der Waals surface area (Å²) in [5, 5.41) is 3.45. The summed E-state index contributed by atoms with van der Waals surface area (Å²) in [5.74, 6) is 0.956. The van der Waals surface area contributed by atoms with E-state index in [-0.39, 0.29) is 0 Å². The van der Waals surface area contributed by atoms with Gasteiger partial charge in [-0.1, -0.05) is 0 Å². The van der Waals surface area contributed by atoms with Gasteiger partial charge in [0.1, 0.15) is 0 Å². The third-order valence-electron chi connectivity index (χ3n) is 4.51. The highest BCUT2D eigenvalue weighted by atomic mass is 15.2. The maximum Gasteiger partial charge on any atom is 0.0220 e. The van der Waals surface area contributed by atoms with Gasteiger partial charge in [0.05, 0.1) is 0 Å². The first kappa shape index (κ1) is 13.3. The van der Waals surface area contributed by atoms with E-state index in [1.165, 1.54) is 64.8 Å². The van der Waals surface area contributed by atoms with Crippen molar-refractivity contribution in [2.45, 2.75) is 38.1 Å². The predicted molar refractivity (Wildman–Crippen MR) is 73.4 cm³/mol. The van der Waals surface area contributed by atoms with Crippen molar-refractivity contribution in [3.05, 3.63) is 0 Å². The van der Waals surface area contributed by atoms with Crippen molar-refractivity contribution < 1.29 is 0 Å². The Kier molecular flexibility index (Phi) is 5.26. The fourth-order valence-electron chi connectivity index (χ4n) is 3.27. The van der Waals surface area contributed by atoms with E-state index in [4.69, 9.17) is 0 Å². The second kappa shape index (κ2) is 6.72. The minimum atomic E-state index is 0.813. The van der Waals surface area contributed by atoms with Gasteiger partial charge in [-0.05, 0) is 78.3 Å². The molecule has 3 heteroatoms. The zero-order chi connectivity index (χ0) is 12.1. The van der Waals surface area contributed by atoms with Crippen molar-refractivity contribution in [3.63, 3.8) is 0 Å². The molecule has 1 N–H and O–H groups in total. The van der Waals surface area contributed by atoms with Crippen LogP contribution in [-0.2, 0) is 0 Å². The lowest BCUT2D eigenvalue weighted by molar-refractivity contribution is 0.215. The lowest BCUT2D eigenvalue weighted by Crippen LogP contribution is -2.37. The number of rotatable bonds is 6. The van der Waals surface area contributed by atoms with E-state index in [1.807, 2.05) is 0 Å². The molecule has 2 unspecified atom stereocenters. The Morgan fingerprint density at radius 1 is 1.35 bits per heavy atom. The van der Waals surface area contributed by atoms with E-state index in [1.54, 1.807) is 0 Å². The summed E-state index contributed by atoms with van der Waals surface area (Å²) in [6, 6.07) is 0.813. The summed E-state index contributed by atoms with van der Waals surface area (Å²) in [5.41, 5.74) is 0. The number of hydrogen-bond donors (Lipinski definition) is 1. The van der Waals surface area contributed by atoms with Crippen LogP contribution in [0.2, 0.25) is 0 Å². The molecular weight excluding hydrogens is 210 g/mol. The Morgan fingerprint density at radius 3 is 2.88 bits per heavy atom. The van der Waals surface area contributed by atoms with Crippen molar-refractivity contribution in [3.8, 4) is 0 Å². The fraction of sp³-hybridized carbons (Fsp3) is 1.00. The zero-order valence-electron chi connectivity index (χ0n) is 11.6. The Morgan fingerprint density at radius 2 is 2.24 bits per heavy atom. The largest absolute Gasteiger partial charge is 0.316 e. The first-order valence-corrected chi connectivity index (χ1v) is 7.35. The minimum absolute atomic E-state index is 0.813. The minimum Gasteiger partial charge on any atom is -0.316 e. The van der Waals surface area contributed by atoms with E-state index in [2.05, 4.69) is 29.2 Å². The maximum absolute atomic E-state index is 3.45. The van der Waals surface area contributed by atoms with Gasteiger partial charge in [0, 0.05) is 12.6 Å². The van der Waals surface area contributed by atoms with Crippen LogP contribution in [-0.4, -0.2) is 62.7 Å². The van der Waals surface area contributed by atoms with E-state index in [0.29, 0.717) is 0 Å². The van der Waals surface area contributed by atoms with Crippen molar-refractivity contribution >= 4 is 0 Å². The van der Waals surface area contributed by atoms with Gasteiger partial charge in [0.25, 0.3) is 0 Å². The normalized spacial score (nSPS) is 30.5. The summed E-state index contributed by atoms with van der Waals surface area (Å²) in [7, 11) is 4.56. The molecule has 0 aromatic rings. The topological polar surface area (TPSA) is 18.5 Å². The number of hydrogen-bond acceptors (Lipinski definition) is 3. The third kappa shape index (κ3) is 4.23. The van der Waals surface area contributed by atoms with E-state index in [9.17, 15) is 0 Å². The molecule has 3 nitrogen and oxygen atoms in total. The SMILES string of the molecule is CN(CCCC1CCNC1)CC1CCCN1C. The standard InChI is InChI=1S/C14H29N3/c1-16(12-14-6-4-10-17(14)2)9-3-5-13-7-8-15-11-13/h13-15H,3-12H2,1-2H3. The van der Waals surface area contributed by atoms with Crippen LogP contribution in [0.5, 0.6) is 0 Å². The van der Waals surface area contributed by atoms with Gasteiger partial charge < -0.3 is 15.1 Å². The van der Waals surface area contributed by atoms with Crippen LogP contribution in [0.15, 0.2) is 0 Å². The molecule has 0 aromatic carbocycles. The summed E-state index contributed by atoms with van der Waals surface area (Å²) >= 11 is 0. The van der Waals surface area contributed by atoms with Gasteiger partial charge in [-0.2, -0.15) is 0 Å².